The van der Waals surface area contributed by atoms with Gasteiger partial charge < -0.3 is 14.8 Å². The Morgan fingerprint density at radius 2 is 1.97 bits per heavy atom. The number of halogens is 1. The first-order valence-corrected chi connectivity index (χ1v) is 10.6. The van der Waals surface area contributed by atoms with Crippen LogP contribution < -0.4 is 10.1 Å². The molecule has 1 fully saturated rings. The summed E-state index contributed by atoms with van der Waals surface area (Å²) in [6.45, 7) is 0.541. The summed E-state index contributed by atoms with van der Waals surface area (Å²) in [5, 5.41) is 2.68. The Kier molecular flexibility index (Phi) is 6.83. The molecule has 0 unspecified atom stereocenters. The Morgan fingerprint density at radius 1 is 1.21 bits per heavy atom. The molecule has 0 aromatic heterocycles. The molecule has 156 valence electrons. The van der Waals surface area contributed by atoms with Gasteiger partial charge in [0, 0.05) is 20.1 Å². The van der Waals surface area contributed by atoms with Gasteiger partial charge in [0.1, 0.15) is 23.7 Å². The fourth-order valence-corrected chi connectivity index (χ4v) is 4.87. The van der Waals surface area contributed by atoms with E-state index in [0.29, 0.717) is 12.4 Å². The summed E-state index contributed by atoms with van der Waals surface area (Å²) in [5.41, 5.74) is 0. The predicted octanol–water partition coefficient (Wildman–Crippen LogP) is 1.80. The van der Waals surface area contributed by atoms with Gasteiger partial charge >= 0.3 is 0 Å². The third kappa shape index (κ3) is 5.11. The van der Waals surface area contributed by atoms with Crippen molar-refractivity contribution in [3.63, 3.8) is 0 Å². The van der Waals surface area contributed by atoms with Crippen molar-refractivity contribution in [2.45, 2.75) is 23.5 Å². The summed E-state index contributed by atoms with van der Waals surface area (Å²) in [6, 6.07) is 12.8. The topological polar surface area (TPSA) is 84.9 Å². The number of rotatable bonds is 8. The number of carbonyl (C=O) groups is 1. The summed E-state index contributed by atoms with van der Waals surface area (Å²) in [5.74, 6) is -0.523. The maximum atomic E-state index is 13.6. The van der Waals surface area contributed by atoms with Crippen LogP contribution in [0, 0.1) is 5.82 Å². The second-order valence-electron chi connectivity index (χ2n) is 6.62. The Bertz CT molecular complexity index is 939. The van der Waals surface area contributed by atoms with Crippen molar-refractivity contribution in [1.29, 1.82) is 0 Å². The molecule has 1 amide bonds. The summed E-state index contributed by atoms with van der Waals surface area (Å²) in [7, 11) is -2.58. The van der Waals surface area contributed by atoms with E-state index in [0.717, 1.165) is 10.4 Å². The minimum atomic E-state index is -4.09. The van der Waals surface area contributed by atoms with Crippen LogP contribution in [-0.2, 0) is 19.6 Å². The summed E-state index contributed by atoms with van der Waals surface area (Å²) < 4.78 is 51.7. The van der Waals surface area contributed by atoms with Crippen molar-refractivity contribution in [3.8, 4) is 5.75 Å². The first kappa shape index (κ1) is 21.2. The van der Waals surface area contributed by atoms with Gasteiger partial charge in [-0.1, -0.05) is 24.3 Å². The number of sulfonamides is 1. The average molecular weight is 422 g/mol. The largest absolute Gasteiger partial charge is 0.489 e. The van der Waals surface area contributed by atoms with Gasteiger partial charge in [-0.3, -0.25) is 4.79 Å². The van der Waals surface area contributed by atoms with Crippen LogP contribution >= 0.6 is 0 Å². The van der Waals surface area contributed by atoms with E-state index >= 15 is 0 Å². The molecule has 0 spiro atoms. The van der Waals surface area contributed by atoms with E-state index in [1.807, 2.05) is 6.07 Å². The van der Waals surface area contributed by atoms with Crippen LogP contribution in [0.5, 0.6) is 5.75 Å². The third-order valence-electron chi connectivity index (χ3n) is 4.57. The number of nitrogens with zero attached hydrogens (tertiary/aromatic N) is 1. The second-order valence-corrected chi connectivity index (χ2v) is 8.51. The van der Waals surface area contributed by atoms with Crippen molar-refractivity contribution < 1.29 is 27.1 Å². The van der Waals surface area contributed by atoms with E-state index in [4.69, 9.17) is 9.47 Å². The standard InChI is InChI=1S/C20H23FN2O5S/c1-27-11-10-22-20(24)19-13-17(28-16-7-3-2-4-8-16)14-23(19)29(25,26)18-9-5-6-15(21)12-18/h2-9,12,17,19H,10-11,13-14H2,1H3,(H,22,24)/t17-,19-/m0/s1. The van der Waals surface area contributed by atoms with Crippen LogP contribution in [0.15, 0.2) is 59.5 Å². The summed E-state index contributed by atoms with van der Waals surface area (Å²) in [4.78, 5) is 12.5. The van der Waals surface area contributed by atoms with Crippen molar-refractivity contribution in [2.24, 2.45) is 0 Å². The molecule has 1 aliphatic heterocycles. The van der Waals surface area contributed by atoms with E-state index in [2.05, 4.69) is 5.32 Å². The quantitative estimate of drug-likeness (QED) is 0.656. The van der Waals surface area contributed by atoms with Crippen LogP contribution in [0.25, 0.3) is 0 Å². The molecule has 1 saturated heterocycles. The molecule has 2 aromatic carbocycles. The number of carbonyl (C=O) groups excluding carboxylic acids is 1. The lowest BCUT2D eigenvalue weighted by molar-refractivity contribution is -0.124. The molecule has 7 nitrogen and oxygen atoms in total. The molecular weight excluding hydrogens is 399 g/mol. The highest BCUT2D eigenvalue weighted by Crippen LogP contribution is 2.29. The Hall–Kier alpha value is -2.49. The van der Waals surface area contributed by atoms with Crippen molar-refractivity contribution in [1.82, 2.24) is 9.62 Å². The predicted molar refractivity (Wildman–Crippen MR) is 104 cm³/mol. The van der Waals surface area contributed by atoms with Crippen LogP contribution in [-0.4, -0.2) is 57.6 Å². The molecule has 2 atom stereocenters. The SMILES string of the molecule is COCCNC(=O)[C@@H]1C[C@H](Oc2ccccc2)CN1S(=O)(=O)c1cccc(F)c1. The smallest absolute Gasteiger partial charge is 0.244 e. The first-order valence-electron chi connectivity index (χ1n) is 9.17. The summed E-state index contributed by atoms with van der Waals surface area (Å²) in [6.07, 6.45) is -0.332. The van der Waals surface area contributed by atoms with E-state index in [9.17, 15) is 17.6 Å². The van der Waals surface area contributed by atoms with Crippen molar-refractivity contribution >= 4 is 15.9 Å². The fourth-order valence-electron chi connectivity index (χ4n) is 3.21. The van der Waals surface area contributed by atoms with Crippen molar-refractivity contribution in [2.75, 3.05) is 26.8 Å². The zero-order valence-electron chi connectivity index (χ0n) is 16.0. The van der Waals surface area contributed by atoms with E-state index in [1.165, 1.54) is 25.3 Å². The fraction of sp³-hybridized carbons (Fsp3) is 0.350. The highest BCUT2D eigenvalue weighted by atomic mass is 32.2. The molecule has 1 N–H and O–H groups in total. The van der Waals surface area contributed by atoms with Crippen LogP contribution in [0.4, 0.5) is 4.39 Å². The second kappa shape index (κ2) is 9.34. The highest BCUT2D eigenvalue weighted by Gasteiger charge is 2.45. The number of benzene rings is 2. The van der Waals surface area contributed by atoms with Gasteiger partial charge in [-0.15, -0.1) is 0 Å². The van der Waals surface area contributed by atoms with Gasteiger partial charge in [-0.25, -0.2) is 12.8 Å². The highest BCUT2D eigenvalue weighted by molar-refractivity contribution is 7.89. The number of hydrogen-bond acceptors (Lipinski definition) is 5. The lowest BCUT2D eigenvalue weighted by Crippen LogP contribution is -2.46. The molecule has 0 aliphatic carbocycles. The maximum Gasteiger partial charge on any atom is 0.244 e. The number of para-hydroxylation sites is 1. The molecule has 3 rings (SSSR count). The Labute approximate surface area is 169 Å². The van der Waals surface area contributed by atoms with Crippen LogP contribution in [0.2, 0.25) is 0 Å². The molecule has 9 heteroatoms. The van der Waals surface area contributed by atoms with Gasteiger partial charge in [0.2, 0.25) is 15.9 Å². The van der Waals surface area contributed by atoms with E-state index in [-0.39, 0.29) is 24.4 Å². The summed E-state index contributed by atoms with van der Waals surface area (Å²) >= 11 is 0. The monoisotopic (exact) mass is 422 g/mol. The van der Waals surface area contributed by atoms with E-state index < -0.39 is 33.9 Å². The van der Waals surface area contributed by atoms with Crippen molar-refractivity contribution in [3.05, 3.63) is 60.4 Å². The lowest BCUT2D eigenvalue weighted by Gasteiger charge is -2.23. The normalized spacial score (nSPS) is 19.8. The molecule has 1 aliphatic rings. The minimum Gasteiger partial charge on any atom is -0.489 e. The molecule has 0 saturated carbocycles. The average Bonchev–Trinajstić information content (AvgIpc) is 3.14. The molecule has 0 bridgehead atoms. The van der Waals surface area contributed by atoms with Gasteiger partial charge in [-0.05, 0) is 30.3 Å². The molecule has 0 radical (unpaired) electrons. The first-order chi connectivity index (χ1) is 13.9. The third-order valence-corrected chi connectivity index (χ3v) is 6.44. The minimum absolute atomic E-state index is 0.0178. The molecule has 2 aromatic rings. The molecular formula is C20H23FN2O5S. The van der Waals surface area contributed by atoms with Gasteiger partial charge in [0.25, 0.3) is 0 Å². The lowest BCUT2D eigenvalue weighted by atomic mass is 10.2. The number of methoxy groups -OCH3 is 1. The molecule has 1 heterocycles. The Morgan fingerprint density at radius 3 is 2.66 bits per heavy atom. The zero-order valence-corrected chi connectivity index (χ0v) is 16.8. The van der Waals surface area contributed by atoms with Gasteiger partial charge in [0.15, 0.2) is 0 Å². The number of hydrogen-bond donors (Lipinski definition) is 1. The zero-order chi connectivity index (χ0) is 20.9. The van der Waals surface area contributed by atoms with E-state index in [1.54, 1.807) is 24.3 Å². The van der Waals surface area contributed by atoms with Crippen LogP contribution in [0.3, 0.4) is 0 Å². The van der Waals surface area contributed by atoms with Gasteiger partial charge in [-0.2, -0.15) is 4.31 Å². The number of amides is 1. The van der Waals surface area contributed by atoms with Gasteiger partial charge in [0.05, 0.1) is 18.0 Å². The van der Waals surface area contributed by atoms with Crippen LogP contribution in [0.1, 0.15) is 6.42 Å². The molecule has 29 heavy (non-hydrogen) atoms. The maximum absolute atomic E-state index is 13.6. The number of ether oxygens (including phenoxy) is 2. The Balaban J connectivity index is 1.84. The number of nitrogens with one attached hydrogen (secondary N) is 1.